The first-order valence-electron chi connectivity index (χ1n) is 7.00. The average Bonchev–Trinajstić information content (AvgIpc) is 2.49. The van der Waals surface area contributed by atoms with Gasteiger partial charge in [-0.2, -0.15) is 0 Å². The summed E-state index contributed by atoms with van der Waals surface area (Å²) < 4.78 is 0. The maximum absolute atomic E-state index is 5.52. The van der Waals surface area contributed by atoms with E-state index in [1.54, 1.807) is 0 Å². The summed E-state index contributed by atoms with van der Waals surface area (Å²) in [6.07, 6.45) is 3.36. The van der Waals surface area contributed by atoms with Crippen LogP contribution < -0.4 is 21.5 Å². The van der Waals surface area contributed by atoms with Crippen LogP contribution in [0.5, 0.6) is 0 Å². The number of nitrogens with one attached hydrogen (secondary N) is 2. The Balaban J connectivity index is 2.26. The third-order valence-corrected chi connectivity index (χ3v) is 3.23. The second-order valence-electron chi connectivity index (χ2n) is 5.01. The molecule has 1 aromatic carbocycles. The molecule has 0 aliphatic rings. The van der Waals surface area contributed by atoms with E-state index < -0.39 is 0 Å². The van der Waals surface area contributed by atoms with E-state index in [4.69, 9.17) is 5.84 Å². The number of nitrogens with two attached hydrogens (primary N) is 1. The van der Waals surface area contributed by atoms with E-state index in [-0.39, 0.29) is 0 Å². The molecule has 6 heteroatoms. The molecule has 4 N–H and O–H groups in total. The summed E-state index contributed by atoms with van der Waals surface area (Å²) in [4.78, 5) is 10.6. The second-order valence-corrected chi connectivity index (χ2v) is 5.01. The van der Waals surface area contributed by atoms with Gasteiger partial charge in [0, 0.05) is 31.0 Å². The van der Waals surface area contributed by atoms with Gasteiger partial charge >= 0.3 is 0 Å². The van der Waals surface area contributed by atoms with Gasteiger partial charge in [0.1, 0.15) is 18.0 Å². The highest BCUT2D eigenvalue weighted by atomic mass is 15.3. The highest BCUT2D eigenvalue weighted by molar-refractivity contribution is 5.66. The van der Waals surface area contributed by atoms with Crippen LogP contribution in [0, 0.1) is 0 Å². The van der Waals surface area contributed by atoms with Crippen LogP contribution >= 0.6 is 0 Å². The van der Waals surface area contributed by atoms with E-state index in [1.807, 2.05) is 26.2 Å². The molecule has 21 heavy (non-hydrogen) atoms. The molecule has 0 saturated carbocycles. The Morgan fingerprint density at radius 3 is 2.33 bits per heavy atom. The van der Waals surface area contributed by atoms with Crippen molar-refractivity contribution in [3.05, 3.63) is 36.2 Å². The largest absolute Gasteiger partial charge is 0.378 e. The first-order chi connectivity index (χ1) is 10.2. The molecule has 6 nitrogen and oxygen atoms in total. The SMILES string of the molecule is CCCc1c(NN)ncnc1Nc1ccc(N(C)C)cc1. The molecule has 0 spiro atoms. The van der Waals surface area contributed by atoms with Crippen molar-refractivity contribution in [2.45, 2.75) is 19.8 Å². The van der Waals surface area contributed by atoms with Crippen molar-refractivity contribution in [2.24, 2.45) is 5.84 Å². The molecule has 0 saturated heterocycles. The molecule has 0 unspecified atom stereocenters. The zero-order valence-corrected chi connectivity index (χ0v) is 12.7. The predicted octanol–water partition coefficient (Wildman–Crippen LogP) is 2.52. The molecular weight excluding hydrogens is 264 g/mol. The maximum Gasteiger partial charge on any atom is 0.148 e. The lowest BCUT2D eigenvalue weighted by atomic mass is 10.1. The van der Waals surface area contributed by atoms with Crippen LogP contribution in [0.15, 0.2) is 30.6 Å². The summed E-state index contributed by atoms with van der Waals surface area (Å²) in [5.41, 5.74) is 5.77. The van der Waals surface area contributed by atoms with Gasteiger partial charge in [-0.15, -0.1) is 0 Å². The molecule has 0 atom stereocenters. The lowest BCUT2D eigenvalue weighted by molar-refractivity contribution is 0.903. The number of hydrogen-bond donors (Lipinski definition) is 3. The Kier molecular flexibility index (Phi) is 4.94. The Labute approximate surface area is 125 Å². The van der Waals surface area contributed by atoms with Crippen molar-refractivity contribution >= 4 is 23.0 Å². The van der Waals surface area contributed by atoms with Gasteiger partial charge < -0.3 is 15.6 Å². The Morgan fingerprint density at radius 1 is 1.10 bits per heavy atom. The molecule has 1 heterocycles. The molecule has 112 valence electrons. The van der Waals surface area contributed by atoms with Gasteiger partial charge in [0.2, 0.25) is 0 Å². The second kappa shape index (κ2) is 6.90. The fourth-order valence-electron chi connectivity index (χ4n) is 2.11. The van der Waals surface area contributed by atoms with Gasteiger partial charge in [0.15, 0.2) is 0 Å². The zero-order valence-electron chi connectivity index (χ0n) is 12.7. The number of aromatic nitrogens is 2. The van der Waals surface area contributed by atoms with Crippen LogP contribution in [0.2, 0.25) is 0 Å². The maximum atomic E-state index is 5.52. The van der Waals surface area contributed by atoms with Crippen molar-refractivity contribution in [1.29, 1.82) is 0 Å². The fraction of sp³-hybridized carbons (Fsp3) is 0.333. The number of nitrogen functional groups attached to an aromatic ring is 1. The standard InChI is InChI=1S/C15H22N6/c1-4-5-13-14(17-10-18-15(13)20-16)19-11-6-8-12(9-7-11)21(2)3/h6-10H,4-5,16H2,1-3H3,(H2,17,18,19,20). The molecule has 1 aromatic heterocycles. The van der Waals surface area contributed by atoms with Gasteiger partial charge in [-0.05, 0) is 30.7 Å². The molecular formula is C15H22N6. The van der Waals surface area contributed by atoms with E-state index in [0.29, 0.717) is 5.82 Å². The highest BCUT2D eigenvalue weighted by Crippen LogP contribution is 2.25. The van der Waals surface area contributed by atoms with Gasteiger partial charge in [0.25, 0.3) is 0 Å². The highest BCUT2D eigenvalue weighted by Gasteiger charge is 2.10. The molecule has 0 aliphatic carbocycles. The first-order valence-corrected chi connectivity index (χ1v) is 7.00. The zero-order chi connectivity index (χ0) is 15.2. The van der Waals surface area contributed by atoms with Crippen LogP contribution in [0.1, 0.15) is 18.9 Å². The van der Waals surface area contributed by atoms with Crippen LogP contribution in [0.4, 0.5) is 23.0 Å². The predicted molar refractivity (Wildman–Crippen MR) is 87.9 cm³/mol. The molecule has 0 aliphatic heterocycles. The number of hydrogen-bond acceptors (Lipinski definition) is 6. The van der Waals surface area contributed by atoms with Crippen LogP contribution in [-0.4, -0.2) is 24.1 Å². The minimum atomic E-state index is 0.666. The third-order valence-electron chi connectivity index (χ3n) is 3.23. The van der Waals surface area contributed by atoms with Crippen molar-refractivity contribution in [2.75, 3.05) is 29.7 Å². The lowest BCUT2D eigenvalue weighted by Crippen LogP contribution is -2.13. The normalized spacial score (nSPS) is 10.3. The van der Waals surface area contributed by atoms with Crippen molar-refractivity contribution in [3.63, 3.8) is 0 Å². The van der Waals surface area contributed by atoms with E-state index in [2.05, 4.69) is 44.7 Å². The van der Waals surface area contributed by atoms with Crippen LogP contribution in [-0.2, 0) is 6.42 Å². The van der Waals surface area contributed by atoms with Gasteiger partial charge in [-0.1, -0.05) is 13.3 Å². The molecule has 2 rings (SSSR count). The number of hydrazine groups is 1. The topological polar surface area (TPSA) is 79.1 Å². The van der Waals surface area contributed by atoms with E-state index in [9.17, 15) is 0 Å². The van der Waals surface area contributed by atoms with E-state index >= 15 is 0 Å². The smallest absolute Gasteiger partial charge is 0.148 e. The minimum Gasteiger partial charge on any atom is -0.378 e. The minimum absolute atomic E-state index is 0.666. The molecule has 0 fully saturated rings. The molecule has 0 bridgehead atoms. The first kappa shape index (κ1) is 15.1. The summed E-state index contributed by atoms with van der Waals surface area (Å²) in [6.45, 7) is 2.11. The Morgan fingerprint density at radius 2 is 1.76 bits per heavy atom. The monoisotopic (exact) mass is 286 g/mol. The molecule has 2 aromatic rings. The Bertz CT molecular complexity index is 579. The van der Waals surface area contributed by atoms with E-state index in [1.165, 1.54) is 6.33 Å². The van der Waals surface area contributed by atoms with Gasteiger partial charge in [0.05, 0.1) is 0 Å². The van der Waals surface area contributed by atoms with Gasteiger partial charge in [-0.3, -0.25) is 0 Å². The van der Waals surface area contributed by atoms with Crippen LogP contribution in [0.3, 0.4) is 0 Å². The summed E-state index contributed by atoms with van der Waals surface area (Å²) in [7, 11) is 4.04. The van der Waals surface area contributed by atoms with Crippen molar-refractivity contribution in [1.82, 2.24) is 9.97 Å². The average molecular weight is 286 g/mol. The van der Waals surface area contributed by atoms with Crippen LogP contribution in [0.25, 0.3) is 0 Å². The lowest BCUT2D eigenvalue weighted by Gasteiger charge is -2.15. The van der Waals surface area contributed by atoms with Gasteiger partial charge in [-0.25, -0.2) is 15.8 Å². The summed E-state index contributed by atoms with van der Waals surface area (Å²) in [6, 6.07) is 8.18. The van der Waals surface area contributed by atoms with E-state index in [0.717, 1.165) is 35.6 Å². The summed E-state index contributed by atoms with van der Waals surface area (Å²) in [5, 5.41) is 3.33. The Hall–Kier alpha value is -2.34. The summed E-state index contributed by atoms with van der Waals surface area (Å²) in [5.74, 6) is 6.98. The molecule has 0 radical (unpaired) electrons. The third kappa shape index (κ3) is 3.61. The number of nitrogens with zero attached hydrogens (tertiary/aromatic N) is 3. The van der Waals surface area contributed by atoms with Crippen molar-refractivity contribution < 1.29 is 0 Å². The quantitative estimate of drug-likeness (QED) is 0.559. The molecule has 0 amide bonds. The number of rotatable bonds is 6. The number of anilines is 4. The van der Waals surface area contributed by atoms with Crippen molar-refractivity contribution in [3.8, 4) is 0 Å². The number of benzene rings is 1. The fourth-order valence-corrected chi connectivity index (χ4v) is 2.11. The summed E-state index contributed by atoms with van der Waals surface area (Å²) >= 11 is 0.